The fourth-order valence-corrected chi connectivity index (χ4v) is 1.99. The molecule has 0 saturated carbocycles. The first-order valence-electron chi connectivity index (χ1n) is 5.42. The third-order valence-corrected chi connectivity index (χ3v) is 2.88. The highest BCUT2D eigenvalue weighted by atomic mass is 35.5. The molecule has 4 nitrogen and oxygen atoms in total. The molecule has 5 heteroatoms. The summed E-state index contributed by atoms with van der Waals surface area (Å²) in [6.45, 7) is 1.98. The summed E-state index contributed by atoms with van der Waals surface area (Å²) in [4.78, 5) is 8.79. The van der Waals surface area contributed by atoms with Crippen molar-refractivity contribution >= 4 is 11.6 Å². The predicted molar refractivity (Wildman–Crippen MR) is 60.6 cm³/mol. The van der Waals surface area contributed by atoms with Crippen LogP contribution in [0.3, 0.4) is 0 Å². The Morgan fingerprint density at radius 1 is 1.44 bits per heavy atom. The standard InChI is InChI=1S/C11H15ClN2O2/c1-15-5-2-3-10-13-9-4-6-16-7-8(9)11(12)14-10/h2-7H2,1H3. The van der Waals surface area contributed by atoms with Crippen molar-refractivity contribution in [1.29, 1.82) is 0 Å². The van der Waals surface area contributed by atoms with Crippen LogP contribution in [0.5, 0.6) is 0 Å². The summed E-state index contributed by atoms with van der Waals surface area (Å²) in [7, 11) is 1.69. The molecule has 1 aliphatic heterocycles. The molecule has 1 aromatic rings. The summed E-state index contributed by atoms with van der Waals surface area (Å²) >= 11 is 6.10. The van der Waals surface area contributed by atoms with E-state index < -0.39 is 0 Å². The molecule has 0 aliphatic carbocycles. The monoisotopic (exact) mass is 242 g/mol. The zero-order chi connectivity index (χ0) is 11.4. The van der Waals surface area contributed by atoms with Crippen molar-refractivity contribution in [2.24, 2.45) is 0 Å². The van der Waals surface area contributed by atoms with Gasteiger partial charge in [0.25, 0.3) is 0 Å². The molecule has 0 spiro atoms. The van der Waals surface area contributed by atoms with E-state index in [1.54, 1.807) is 7.11 Å². The highest BCUT2D eigenvalue weighted by Gasteiger charge is 2.16. The van der Waals surface area contributed by atoms with Gasteiger partial charge in [-0.25, -0.2) is 9.97 Å². The number of aromatic nitrogens is 2. The highest BCUT2D eigenvalue weighted by Crippen LogP contribution is 2.22. The van der Waals surface area contributed by atoms with Crippen LogP contribution in [0.2, 0.25) is 5.15 Å². The first-order valence-corrected chi connectivity index (χ1v) is 5.80. The molecule has 1 aliphatic rings. The fourth-order valence-electron chi connectivity index (χ4n) is 1.73. The van der Waals surface area contributed by atoms with E-state index in [1.807, 2.05) is 0 Å². The highest BCUT2D eigenvalue weighted by molar-refractivity contribution is 6.30. The molecule has 1 aromatic heterocycles. The molecule has 16 heavy (non-hydrogen) atoms. The van der Waals surface area contributed by atoms with Crippen molar-refractivity contribution in [2.75, 3.05) is 20.3 Å². The Hall–Kier alpha value is -0.710. The molecule has 0 fully saturated rings. The van der Waals surface area contributed by atoms with E-state index >= 15 is 0 Å². The number of rotatable bonds is 4. The maximum atomic E-state index is 6.10. The summed E-state index contributed by atoms with van der Waals surface area (Å²) in [5.74, 6) is 0.808. The van der Waals surface area contributed by atoms with E-state index in [9.17, 15) is 0 Å². The van der Waals surface area contributed by atoms with Gasteiger partial charge in [0.05, 0.1) is 18.9 Å². The molecule has 88 valence electrons. The van der Waals surface area contributed by atoms with Crippen LogP contribution in [0.25, 0.3) is 0 Å². The molecule has 0 unspecified atom stereocenters. The Kier molecular flexibility index (Phi) is 4.09. The van der Waals surface area contributed by atoms with Crippen LogP contribution in [0, 0.1) is 0 Å². The molecule has 0 aromatic carbocycles. The van der Waals surface area contributed by atoms with Crippen LogP contribution in [0.1, 0.15) is 23.5 Å². The van der Waals surface area contributed by atoms with Gasteiger partial charge in [-0.3, -0.25) is 0 Å². The number of nitrogens with zero attached hydrogens (tertiary/aromatic N) is 2. The van der Waals surface area contributed by atoms with Gasteiger partial charge in [0, 0.05) is 32.1 Å². The van der Waals surface area contributed by atoms with E-state index in [4.69, 9.17) is 21.1 Å². The molecule has 0 N–H and O–H groups in total. The van der Waals surface area contributed by atoms with Crippen molar-refractivity contribution in [2.45, 2.75) is 25.9 Å². The van der Waals surface area contributed by atoms with Gasteiger partial charge < -0.3 is 9.47 Å². The zero-order valence-electron chi connectivity index (χ0n) is 9.33. The average Bonchev–Trinajstić information content (AvgIpc) is 2.30. The third-order valence-electron chi connectivity index (χ3n) is 2.57. The topological polar surface area (TPSA) is 44.2 Å². The van der Waals surface area contributed by atoms with Gasteiger partial charge in [-0.15, -0.1) is 0 Å². The molecule has 0 saturated heterocycles. The smallest absolute Gasteiger partial charge is 0.138 e. The minimum absolute atomic E-state index is 0.534. The number of methoxy groups -OCH3 is 1. The minimum Gasteiger partial charge on any atom is -0.385 e. The quantitative estimate of drug-likeness (QED) is 0.596. The summed E-state index contributed by atoms with van der Waals surface area (Å²) < 4.78 is 10.3. The Bertz CT molecular complexity index is 371. The SMILES string of the molecule is COCCCc1nc(Cl)c2c(n1)CCOC2. The van der Waals surface area contributed by atoms with E-state index in [0.29, 0.717) is 11.8 Å². The van der Waals surface area contributed by atoms with Gasteiger partial charge >= 0.3 is 0 Å². The molecular weight excluding hydrogens is 228 g/mol. The van der Waals surface area contributed by atoms with E-state index in [-0.39, 0.29) is 0 Å². The van der Waals surface area contributed by atoms with Crippen LogP contribution in [0.4, 0.5) is 0 Å². The van der Waals surface area contributed by atoms with E-state index in [1.165, 1.54) is 0 Å². The second-order valence-corrected chi connectivity index (χ2v) is 4.11. The van der Waals surface area contributed by atoms with Crippen LogP contribution < -0.4 is 0 Å². The van der Waals surface area contributed by atoms with Crippen LogP contribution in [-0.4, -0.2) is 30.3 Å². The number of hydrogen-bond donors (Lipinski definition) is 0. The minimum atomic E-state index is 0.534. The average molecular weight is 243 g/mol. The Labute approximate surface area is 99.9 Å². The molecule has 2 heterocycles. The second kappa shape index (κ2) is 5.57. The molecule has 0 amide bonds. The van der Waals surface area contributed by atoms with E-state index in [0.717, 1.165) is 49.6 Å². The predicted octanol–water partition coefficient (Wildman–Crippen LogP) is 1.78. The molecule has 2 rings (SSSR count). The van der Waals surface area contributed by atoms with Crippen LogP contribution >= 0.6 is 11.6 Å². The maximum Gasteiger partial charge on any atom is 0.138 e. The number of fused-ring (bicyclic) bond motifs is 1. The normalized spacial score (nSPS) is 14.9. The lowest BCUT2D eigenvalue weighted by atomic mass is 10.1. The second-order valence-electron chi connectivity index (χ2n) is 3.75. The van der Waals surface area contributed by atoms with Gasteiger partial charge in [0.15, 0.2) is 0 Å². The van der Waals surface area contributed by atoms with Crippen LogP contribution in [0.15, 0.2) is 0 Å². The third kappa shape index (κ3) is 2.70. The van der Waals surface area contributed by atoms with Crippen molar-refractivity contribution in [3.05, 3.63) is 22.2 Å². The first-order chi connectivity index (χ1) is 7.81. The summed E-state index contributed by atoms with van der Waals surface area (Å²) in [5, 5.41) is 0.539. The van der Waals surface area contributed by atoms with Gasteiger partial charge in [-0.05, 0) is 6.42 Å². The van der Waals surface area contributed by atoms with Crippen LogP contribution in [-0.2, 0) is 28.9 Å². The first kappa shape index (κ1) is 11.8. The van der Waals surface area contributed by atoms with E-state index in [2.05, 4.69) is 9.97 Å². The Morgan fingerprint density at radius 2 is 2.31 bits per heavy atom. The van der Waals surface area contributed by atoms with Crippen molar-refractivity contribution < 1.29 is 9.47 Å². The van der Waals surface area contributed by atoms with Gasteiger partial charge in [-0.1, -0.05) is 11.6 Å². The largest absolute Gasteiger partial charge is 0.385 e. The molecule has 0 bridgehead atoms. The fraction of sp³-hybridized carbons (Fsp3) is 0.636. The van der Waals surface area contributed by atoms with Gasteiger partial charge in [-0.2, -0.15) is 0 Å². The summed E-state index contributed by atoms with van der Waals surface area (Å²) in [5.41, 5.74) is 1.99. The summed E-state index contributed by atoms with van der Waals surface area (Å²) in [6.07, 6.45) is 2.55. The molecule has 0 radical (unpaired) electrons. The number of halogens is 1. The van der Waals surface area contributed by atoms with Gasteiger partial charge in [0.1, 0.15) is 11.0 Å². The maximum absolute atomic E-state index is 6.10. The lowest BCUT2D eigenvalue weighted by Crippen LogP contribution is -2.15. The van der Waals surface area contributed by atoms with Crippen molar-refractivity contribution in [3.8, 4) is 0 Å². The number of aryl methyl sites for hydroxylation is 1. The Morgan fingerprint density at radius 3 is 3.12 bits per heavy atom. The van der Waals surface area contributed by atoms with Crippen molar-refractivity contribution in [3.63, 3.8) is 0 Å². The molecule has 0 atom stereocenters. The lowest BCUT2D eigenvalue weighted by molar-refractivity contribution is 0.108. The molecular formula is C11H15ClN2O2. The number of ether oxygens (including phenoxy) is 2. The zero-order valence-corrected chi connectivity index (χ0v) is 10.1. The van der Waals surface area contributed by atoms with Gasteiger partial charge in [0.2, 0.25) is 0 Å². The van der Waals surface area contributed by atoms with Crippen molar-refractivity contribution in [1.82, 2.24) is 9.97 Å². The lowest BCUT2D eigenvalue weighted by Gasteiger charge is -2.17. The number of hydrogen-bond acceptors (Lipinski definition) is 4. The summed E-state index contributed by atoms with van der Waals surface area (Å²) in [6, 6.07) is 0. The Balaban J connectivity index is 2.12.